The molecule has 0 saturated heterocycles. The Kier molecular flexibility index (Phi) is 4.37. The normalized spacial score (nSPS) is 10.8. The van der Waals surface area contributed by atoms with Gasteiger partial charge in [-0.3, -0.25) is 9.20 Å². The van der Waals surface area contributed by atoms with Crippen molar-refractivity contribution in [3.63, 3.8) is 0 Å². The number of benzene rings is 2. The summed E-state index contributed by atoms with van der Waals surface area (Å²) in [5, 5.41) is 12.3. The van der Waals surface area contributed by atoms with E-state index in [2.05, 4.69) is 10.3 Å². The smallest absolute Gasteiger partial charge is 0.336 e. The molecule has 0 aliphatic carbocycles. The van der Waals surface area contributed by atoms with Crippen molar-refractivity contribution in [1.82, 2.24) is 9.38 Å². The van der Waals surface area contributed by atoms with Crippen molar-refractivity contribution >= 4 is 23.3 Å². The van der Waals surface area contributed by atoms with E-state index >= 15 is 0 Å². The van der Waals surface area contributed by atoms with E-state index in [-0.39, 0.29) is 11.1 Å². The molecular weight excluding hydrogens is 354 g/mol. The van der Waals surface area contributed by atoms with Crippen LogP contribution in [0.1, 0.15) is 26.4 Å². The fraction of sp³-hybridized carbons (Fsp3) is 0.0455. The number of aromatic nitrogens is 2. The second-order valence-corrected chi connectivity index (χ2v) is 6.34. The lowest BCUT2D eigenvalue weighted by molar-refractivity contribution is 0.0692. The molecule has 0 aliphatic heterocycles. The number of anilines is 1. The van der Waals surface area contributed by atoms with Crippen LogP contribution < -0.4 is 5.32 Å². The molecule has 0 spiro atoms. The lowest BCUT2D eigenvalue weighted by Gasteiger charge is -2.11. The average Bonchev–Trinajstić information content (AvgIpc) is 3.08. The first kappa shape index (κ1) is 17.5. The molecule has 0 bridgehead atoms. The van der Waals surface area contributed by atoms with Gasteiger partial charge < -0.3 is 10.4 Å². The van der Waals surface area contributed by atoms with Crippen molar-refractivity contribution in [1.29, 1.82) is 0 Å². The first-order valence-corrected chi connectivity index (χ1v) is 8.73. The van der Waals surface area contributed by atoms with E-state index in [1.54, 1.807) is 12.1 Å². The molecule has 4 aromatic rings. The Labute approximate surface area is 161 Å². The van der Waals surface area contributed by atoms with Gasteiger partial charge in [0.05, 0.1) is 11.1 Å². The molecule has 1 amide bonds. The van der Waals surface area contributed by atoms with Gasteiger partial charge in [0.25, 0.3) is 5.91 Å². The Morgan fingerprint density at radius 1 is 0.893 bits per heavy atom. The highest BCUT2D eigenvalue weighted by atomic mass is 16.4. The Hall–Kier alpha value is -3.93. The van der Waals surface area contributed by atoms with Crippen LogP contribution in [0.25, 0.3) is 16.9 Å². The third-order valence-electron chi connectivity index (χ3n) is 4.52. The summed E-state index contributed by atoms with van der Waals surface area (Å²) in [6, 6.07) is 21.4. The number of carboxylic acids is 1. The number of hydrogen-bond donors (Lipinski definition) is 2. The Balaban J connectivity index is 1.87. The van der Waals surface area contributed by atoms with Crippen molar-refractivity contribution in [2.24, 2.45) is 0 Å². The molecular formula is C22H17N3O3. The van der Waals surface area contributed by atoms with Gasteiger partial charge in [-0.15, -0.1) is 0 Å². The maximum absolute atomic E-state index is 13.0. The third kappa shape index (κ3) is 3.01. The van der Waals surface area contributed by atoms with Gasteiger partial charge in [-0.1, -0.05) is 48.5 Å². The van der Waals surface area contributed by atoms with Gasteiger partial charge in [0.2, 0.25) is 0 Å². The van der Waals surface area contributed by atoms with Crippen LogP contribution in [0.3, 0.4) is 0 Å². The second-order valence-electron chi connectivity index (χ2n) is 6.34. The molecule has 0 radical (unpaired) electrons. The second kappa shape index (κ2) is 7.00. The third-order valence-corrected chi connectivity index (χ3v) is 4.52. The lowest BCUT2D eigenvalue weighted by Crippen LogP contribution is -2.18. The van der Waals surface area contributed by atoms with Crippen molar-refractivity contribution in [3.05, 3.63) is 89.6 Å². The van der Waals surface area contributed by atoms with Crippen LogP contribution >= 0.6 is 0 Å². The fourth-order valence-electron chi connectivity index (χ4n) is 3.21. The highest BCUT2D eigenvalue weighted by Crippen LogP contribution is 2.30. The number of nitrogens with one attached hydrogen (secondary N) is 1. The minimum absolute atomic E-state index is 0.0493. The van der Waals surface area contributed by atoms with Crippen molar-refractivity contribution in [3.8, 4) is 11.3 Å². The van der Waals surface area contributed by atoms with Crippen LogP contribution in [0.4, 0.5) is 5.82 Å². The summed E-state index contributed by atoms with van der Waals surface area (Å²) in [6.07, 6.45) is 0. The first-order chi connectivity index (χ1) is 13.6. The number of amides is 1. The molecule has 6 heteroatoms. The van der Waals surface area contributed by atoms with Gasteiger partial charge in [0.15, 0.2) is 0 Å². The number of carbonyl (C=O) groups is 2. The van der Waals surface area contributed by atoms with Gasteiger partial charge in [-0.05, 0) is 31.2 Å². The highest BCUT2D eigenvalue weighted by Gasteiger charge is 2.21. The molecule has 138 valence electrons. The summed E-state index contributed by atoms with van der Waals surface area (Å²) in [6.45, 7) is 1.92. The van der Waals surface area contributed by atoms with Gasteiger partial charge in [0, 0.05) is 11.3 Å². The fourth-order valence-corrected chi connectivity index (χ4v) is 3.21. The quantitative estimate of drug-likeness (QED) is 0.561. The SMILES string of the molecule is Cc1cccc2nc(-c3ccccc3)c(NC(=O)c3ccccc3C(=O)O)n12. The number of rotatable bonds is 4. The van der Waals surface area contributed by atoms with Crippen molar-refractivity contribution < 1.29 is 14.7 Å². The molecule has 6 nitrogen and oxygen atoms in total. The number of fused-ring (bicyclic) bond motifs is 1. The molecule has 0 aliphatic rings. The summed E-state index contributed by atoms with van der Waals surface area (Å²) in [5.74, 6) is -1.15. The number of carboxylic acid groups (broad SMARTS) is 1. The minimum Gasteiger partial charge on any atom is -0.478 e. The van der Waals surface area contributed by atoms with E-state index in [9.17, 15) is 14.7 Å². The Morgan fingerprint density at radius 2 is 1.57 bits per heavy atom. The monoisotopic (exact) mass is 371 g/mol. The Bertz CT molecular complexity index is 1200. The molecule has 0 fully saturated rings. The van der Waals surface area contributed by atoms with Crippen molar-refractivity contribution in [2.75, 3.05) is 5.32 Å². The number of pyridine rings is 1. The van der Waals surface area contributed by atoms with Crippen LogP contribution in [-0.2, 0) is 0 Å². The van der Waals surface area contributed by atoms with E-state index in [1.165, 1.54) is 12.1 Å². The van der Waals surface area contributed by atoms with Crippen LogP contribution in [0.5, 0.6) is 0 Å². The predicted octanol–water partition coefficient (Wildman–Crippen LogP) is 4.26. The average molecular weight is 371 g/mol. The summed E-state index contributed by atoms with van der Waals surface area (Å²) in [7, 11) is 0. The molecule has 0 atom stereocenters. The molecule has 2 aromatic heterocycles. The zero-order valence-corrected chi connectivity index (χ0v) is 15.1. The van der Waals surface area contributed by atoms with Gasteiger partial charge in [0.1, 0.15) is 17.2 Å². The molecule has 0 saturated carbocycles. The number of carbonyl (C=O) groups excluding carboxylic acids is 1. The highest BCUT2D eigenvalue weighted by molar-refractivity contribution is 6.11. The predicted molar refractivity (Wildman–Crippen MR) is 107 cm³/mol. The van der Waals surface area contributed by atoms with Crippen molar-refractivity contribution in [2.45, 2.75) is 6.92 Å². The topological polar surface area (TPSA) is 83.7 Å². The Morgan fingerprint density at radius 3 is 2.29 bits per heavy atom. The molecule has 4 rings (SSSR count). The summed E-state index contributed by atoms with van der Waals surface area (Å²) in [5.41, 5.74) is 3.11. The molecule has 0 unspecified atom stereocenters. The minimum atomic E-state index is -1.15. The summed E-state index contributed by atoms with van der Waals surface area (Å²) >= 11 is 0. The van der Waals surface area contributed by atoms with E-state index < -0.39 is 11.9 Å². The number of hydrogen-bond acceptors (Lipinski definition) is 3. The summed E-state index contributed by atoms with van der Waals surface area (Å²) < 4.78 is 1.85. The molecule has 2 aromatic carbocycles. The first-order valence-electron chi connectivity index (χ1n) is 8.73. The molecule has 2 heterocycles. The van der Waals surface area contributed by atoms with E-state index in [0.717, 1.165) is 11.3 Å². The lowest BCUT2D eigenvalue weighted by atomic mass is 10.1. The standard InChI is InChI=1S/C22H17N3O3/c1-14-8-7-13-18-23-19(15-9-3-2-4-10-15)20(25(14)18)24-21(26)16-11-5-6-12-17(16)22(27)28/h2-13H,1H3,(H,24,26)(H,27,28). The zero-order valence-electron chi connectivity index (χ0n) is 15.1. The van der Waals surface area contributed by atoms with E-state index in [1.807, 2.05) is 59.9 Å². The van der Waals surface area contributed by atoms with E-state index in [4.69, 9.17) is 0 Å². The van der Waals surface area contributed by atoms with Crippen LogP contribution in [0.15, 0.2) is 72.8 Å². The number of aromatic carboxylic acids is 1. The number of aryl methyl sites for hydroxylation is 1. The molecule has 28 heavy (non-hydrogen) atoms. The number of nitrogens with zero attached hydrogens (tertiary/aromatic N) is 2. The van der Waals surface area contributed by atoms with Crippen LogP contribution in [0.2, 0.25) is 0 Å². The molecule has 2 N–H and O–H groups in total. The van der Waals surface area contributed by atoms with Crippen LogP contribution in [0, 0.1) is 6.92 Å². The largest absolute Gasteiger partial charge is 0.478 e. The van der Waals surface area contributed by atoms with E-state index in [0.29, 0.717) is 17.2 Å². The van der Waals surface area contributed by atoms with Gasteiger partial charge >= 0.3 is 5.97 Å². The zero-order chi connectivity index (χ0) is 19.7. The maximum atomic E-state index is 13.0. The van der Waals surface area contributed by atoms with Crippen LogP contribution in [-0.4, -0.2) is 26.4 Å². The van der Waals surface area contributed by atoms with Gasteiger partial charge in [-0.25, -0.2) is 9.78 Å². The number of imidazole rings is 1. The van der Waals surface area contributed by atoms with Gasteiger partial charge in [-0.2, -0.15) is 0 Å². The summed E-state index contributed by atoms with van der Waals surface area (Å²) in [4.78, 5) is 29.1. The maximum Gasteiger partial charge on any atom is 0.336 e.